The number of nitrogens with zero attached hydrogens (tertiary/aromatic N) is 2. The Hall–Kier alpha value is -3.55. The minimum absolute atomic E-state index is 0.0160. The predicted molar refractivity (Wildman–Crippen MR) is 101 cm³/mol. The fraction of sp³-hybridized carbons (Fsp3) is 0.150. The highest BCUT2D eigenvalue weighted by Crippen LogP contribution is 2.20. The summed E-state index contributed by atoms with van der Waals surface area (Å²) < 4.78 is 32.8. The summed E-state index contributed by atoms with van der Waals surface area (Å²) in [6.07, 6.45) is 0. The summed E-state index contributed by atoms with van der Waals surface area (Å²) in [7, 11) is 1.58. The van der Waals surface area contributed by atoms with Crippen LogP contribution in [0.2, 0.25) is 0 Å². The van der Waals surface area contributed by atoms with Crippen molar-refractivity contribution in [1.82, 2.24) is 9.97 Å². The molecule has 0 aliphatic carbocycles. The van der Waals surface area contributed by atoms with Crippen molar-refractivity contribution in [2.24, 2.45) is 0 Å². The van der Waals surface area contributed by atoms with Crippen molar-refractivity contribution in [2.75, 3.05) is 17.7 Å². The van der Waals surface area contributed by atoms with Crippen molar-refractivity contribution in [3.05, 3.63) is 77.2 Å². The second-order valence-electron chi connectivity index (χ2n) is 5.90. The quantitative estimate of drug-likeness (QED) is 0.673. The molecule has 1 heterocycles. The van der Waals surface area contributed by atoms with Gasteiger partial charge in [0, 0.05) is 18.2 Å². The molecule has 2 N–H and O–H groups in total. The summed E-state index contributed by atoms with van der Waals surface area (Å²) in [5.74, 6) is -1.02. The fourth-order valence-electron chi connectivity index (χ4n) is 2.60. The molecule has 0 saturated carbocycles. The molecule has 0 aliphatic rings. The molecular formula is C20H18F2N4O2. The van der Waals surface area contributed by atoms with Gasteiger partial charge in [0.05, 0.1) is 7.11 Å². The van der Waals surface area contributed by atoms with Gasteiger partial charge in [0.15, 0.2) is 0 Å². The molecule has 0 unspecified atom stereocenters. The summed E-state index contributed by atoms with van der Waals surface area (Å²) in [5, 5.41) is 5.31. The fourth-order valence-corrected chi connectivity index (χ4v) is 2.60. The highest BCUT2D eigenvalue weighted by molar-refractivity contribution is 6.03. The van der Waals surface area contributed by atoms with Gasteiger partial charge in [-0.3, -0.25) is 4.79 Å². The number of aromatic nitrogens is 2. The number of hydrogen-bond donors (Lipinski definition) is 2. The van der Waals surface area contributed by atoms with Crippen molar-refractivity contribution in [2.45, 2.75) is 13.5 Å². The van der Waals surface area contributed by atoms with Crippen LogP contribution >= 0.6 is 0 Å². The lowest BCUT2D eigenvalue weighted by Gasteiger charge is -2.12. The van der Waals surface area contributed by atoms with Gasteiger partial charge in [-0.25, -0.2) is 18.7 Å². The zero-order valence-corrected chi connectivity index (χ0v) is 15.3. The van der Waals surface area contributed by atoms with Gasteiger partial charge in [0.25, 0.3) is 5.91 Å². The highest BCUT2D eigenvalue weighted by Gasteiger charge is 2.16. The maximum absolute atomic E-state index is 13.8. The van der Waals surface area contributed by atoms with E-state index in [9.17, 15) is 13.6 Å². The smallest absolute Gasteiger partial charge is 0.274 e. The Morgan fingerprint density at radius 2 is 1.79 bits per heavy atom. The Morgan fingerprint density at radius 3 is 2.50 bits per heavy atom. The van der Waals surface area contributed by atoms with Gasteiger partial charge in [-0.2, -0.15) is 0 Å². The zero-order chi connectivity index (χ0) is 20.1. The van der Waals surface area contributed by atoms with E-state index >= 15 is 0 Å². The van der Waals surface area contributed by atoms with Crippen LogP contribution in [0.25, 0.3) is 0 Å². The maximum atomic E-state index is 13.8. The number of amides is 1. The van der Waals surface area contributed by atoms with Gasteiger partial charge in [-0.15, -0.1) is 0 Å². The van der Waals surface area contributed by atoms with Crippen LogP contribution in [0.15, 0.2) is 48.5 Å². The lowest BCUT2D eigenvalue weighted by atomic mass is 10.2. The molecule has 2 aromatic carbocycles. The molecule has 0 spiro atoms. The van der Waals surface area contributed by atoms with E-state index < -0.39 is 23.2 Å². The van der Waals surface area contributed by atoms with E-state index in [-0.39, 0.29) is 5.69 Å². The average Bonchev–Trinajstić information content (AvgIpc) is 2.69. The van der Waals surface area contributed by atoms with Crippen molar-refractivity contribution >= 4 is 17.4 Å². The lowest BCUT2D eigenvalue weighted by molar-refractivity contribution is 0.102. The van der Waals surface area contributed by atoms with E-state index in [1.807, 2.05) is 24.3 Å². The van der Waals surface area contributed by atoms with Crippen LogP contribution in [0.5, 0.6) is 5.75 Å². The van der Waals surface area contributed by atoms with Gasteiger partial charge < -0.3 is 15.4 Å². The van der Waals surface area contributed by atoms with Crippen LogP contribution in [-0.4, -0.2) is 23.0 Å². The molecule has 0 aliphatic heterocycles. The van der Waals surface area contributed by atoms with Crippen molar-refractivity contribution < 1.29 is 18.3 Å². The number of methoxy groups -OCH3 is 1. The molecule has 1 aromatic heterocycles. The molecule has 1 amide bonds. The van der Waals surface area contributed by atoms with Gasteiger partial charge in [-0.1, -0.05) is 24.3 Å². The second kappa shape index (κ2) is 8.43. The van der Waals surface area contributed by atoms with E-state index in [4.69, 9.17) is 4.74 Å². The first kappa shape index (κ1) is 19.2. The van der Waals surface area contributed by atoms with Crippen molar-refractivity contribution in [3.8, 4) is 5.75 Å². The standard InChI is InChI=1S/C20H18F2N4O2/c1-12-24-16(20(27)26-19-14(21)7-5-8-15(19)22)10-18(25-12)23-11-13-6-3-4-9-17(13)28-2/h3-10H,11H2,1-2H3,(H,26,27)(H,23,24,25). The summed E-state index contributed by atoms with van der Waals surface area (Å²) >= 11 is 0. The average molecular weight is 384 g/mol. The number of halogens is 2. The summed E-state index contributed by atoms with van der Waals surface area (Å²) in [6, 6.07) is 12.2. The number of rotatable bonds is 6. The van der Waals surface area contributed by atoms with Gasteiger partial charge >= 0.3 is 0 Å². The molecule has 8 heteroatoms. The first-order valence-electron chi connectivity index (χ1n) is 8.44. The summed E-state index contributed by atoms with van der Waals surface area (Å²) in [4.78, 5) is 20.7. The van der Waals surface area contributed by atoms with Crippen LogP contribution in [0.1, 0.15) is 21.9 Å². The van der Waals surface area contributed by atoms with Crippen LogP contribution in [0.4, 0.5) is 20.3 Å². The third-order valence-corrected chi connectivity index (χ3v) is 3.92. The van der Waals surface area contributed by atoms with Gasteiger partial charge in [0.2, 0.25) is 0 Å². The van der Waals surface area contributed by atoms with E-state index in [0.717, 1.165) is 17.7 Å². The van der Waals surface area contributed by atoms with Gasteiger partial charge in [0.1, 0.15) is 40.4 Å². The number of carbonyl (C=O) groups excluding carboxylic acids is 1. The predicted octanol–water partition coefficient (Wildman–Crippen LogP) is 3.94. The number of nitrogens with one attached hydrogen (secondary N) is 2. The van der Waals surface area contributed by atoms with Crippen LogP contribution in [-0.2, 0) is 6.54 Å². The minimum atomic E-state index is -0.867. The van der Waals surface area contributed by atoms with Crippen LogP contribution < -0.4 is 15.4 Å². The zero-order valence-electron chi connectivity index (χ0n) is 15.3. The Bertz CT molecular complexity index is 991. The first-order chi connectivity index (χ1) is 13.5. The van der Waals surface area contributed by atoms with Crippen LogP contribution in [0, 0.1) is 18.6 Å². The van der Waals surface area contributed by atoms with Crippen LogP contribution in [0.3, 0.4) is 0 Å². The number of benzene rings is 2. The second-order valence-corrected chi connectivity index (χ2v) is 5.90. The molecule has 6 nitrogen and oxygen atoms in total. The number of anilines is 2. The Kier molecular flexibility index (Phi) is 5.78. The minimum Gasteiger partial charge on any atom is -0.496 e. The molecule has 28 heavy (non-hydrogen) atoms. The molecule has 3 rings (SSSR count). The molecule has 0 fully saturated rings. The molecule has 0 saturated heterocycles. The normalized spacial score (nSPS) is 10.4. The third-order valence-electron chi connectivity index (χ3n) is 3.92. The number of ether oxygens (including phenoxy) is 1. The Balaban J connectivity index is 1.78. The molecule has 0 atom stereocenters. The van der Waals surface area contributed by atoms with E-state index in [1.165, 1.54) is 12.1 Å². The number of hydrogen-bond acceptors (Lipinski definition) is 5. The summed E-state index contributed by atoms with van der Waals surface area (Å²) in [6.45, 7) is 2.03. The maximum Gasteiger partial charge on any atom is 0.274 e. The molecule has 0 radical (unpaired) electrons. The highest BCUT2D eigenvalue weighted by atomic mass is 19.1. The molecule has 144 valence electrons. The molecule has 0 bridgehead atoms. The number of carbonyl (C=O) groups is 1. The van der Waals surface area contributed by atoms with Gasteiger partial charge in [-0.05, 0) is 25.1 Å². The topological polar surface area (TPSA) is 76.1 Å². The SMILES string of the molecule is COc1ccccc1CNc1cc(C(=O)Nc2c(F)cccc2F)nc(C)n1. The van der Waals surface area contributed by atoms with E-state index in [1.54, 1.807) is 14.0 Å². The summed E-state index contributed by atoms with van der Waals surface area (Å²) in [5.41, 5.74) is 0.366. The van der Waals surface area contributed by atoms with Crippen molar-refractivity contribution in [1.29, 1.82) is 0 Å². The Labute approximate surface area is 160 Å². The number of aryl methyl sites for hydroxylation is 1. The number of para-hydroxylation sites is 2. The first-order valence-corrected chi connectivity index (χ1v) is 8.44. The largest absolute Gasteiger partial charge is 0.496 e. The monoisotopic (exact) mass is 384 g/mol. The van der Waals surface area contributed by atoms with E-state index in [2.05, 4.69) is 20.6 Å². The lowest BCUT2D eigenvalue weighted by Crippen LogP contribution is -2.17. The molecular weight excluding hydrogens is 366 g/mol. The molecule has 3 aromatic rings. The van der Waals surface area contributed by atoms with Crippen molar-refractivity contribution in [3.63, 3.8) is 0 Å². The Morgan fingerprint density at radius 1 is 1.07 bits per heavy atom. The van der Waals surface area contributed by atoms with E-state index in [0.29, 0.717) is 23.9 Å². The third kappa shape index (κ3) is 4.40.